The van der Waals surface area contributed by atoms with Crippen molar-refractivity contribution in [3.05, 3.63) is 48.0 Å². The van der Waals surface area contributed by atoms with Crippen LogP contribution in [0.25, 0.3) is 0 Å². The maximum absolute atomic E-state index is 12.4. The summed E-state index contributed by atoms with van der Waals surface area (Å²) in [5, 5.41) is 9.01. The highest BCUT2D eigenvalue weighted by Crippen LogP contribution is 2.26. The Labute approximate surface area is 160 Å². The quantitative estimate of drug-likeness (QED) is 0.645. The smallest absolute Gasteiger partial charge is 0.243 e. The topological polar surface area (TPSA) is 90.5 Å². The number of sulfonamides is 1. The van der Waals surface area contributed by atoms with Crippen LogP contribution >= 0.6 is 0 Å². The van der Waals surface area contributed by atoms with Crippen molar-refractivity contribution < 1.29 is 13.2 Å². The number of hydrogen-bond donors (Lipinski definition) is 3. The van der Waals surface area contributed by atoms with Gasteiger partial charge in [-0.15, -0.1) is 0 Å². The van der Waals surface area contributed by atoms with E-state index >= 15 is 0 Å². The minimum Gasteiger partial charge on any atom is -0.384 e. The highest BCUT2D eigenvalue weighted by molar-refractivity contribution is 7.89. The van der Waals surface area contributed by atoms with Crippen molar-refractivity contribution in [2.75, 3.05) is 43.1 Å². The SMILES string of the molecule is CCNc1ccc(S(=O)(=O)N(C)C)cc1NCC(=O)Nc1cccc(C)c1. The second-order valence-electron chi connectivity index (χ2n) is 6.30. The molecule has 2 rings (SSSR count). The predicted octanol–water partition coefficient (Wildman–Crippen LogP) is 2.73. The summed E-state index contributed by atoms with van der Waals surface area (Å²) in [6, 6.07) is 12.3. The van der Waals surface area contributed by atoms with Crippen LogP contribution in [0.4, 0.5) is 17.1 Å². The zero-order chi connectivity index (χ0) is 20.0. The van der Waals surface area contributed by atoms with Gasteiger partial charge in [0.05, 0.1) is 22.8 Å². The van der Waals surface area contributed by atoms with Crippen molar-refractivity contribution in [3.63, 3.8) is 0 Å². The summed E-state index contributed by atoms with van der Waals surface area (Å²) in [7, 11) is -0.594. The first-order valence-electron chi connectivity index (χ1n) is 8.65. The van der Waals surface area contributed by atoms with E-state index in [2.05, 4.69) is 16.0 Å². The molecule has 0 atom stereocenters. The van der Waals surface area contributed by atoms with Crippen molar-refractivity contribution in [1.82, 2.24) is 4.31 Å². The average Bonchev–Trinajstić information content (AvgIpc) is 2.60. The number of nitrogens with zero attached hydrogens (tertiary/aromatic N) is 1. The number of rotatable bonds is 8. The number of aryl methyl sites for hydroxylation is 1. The van der Waals surface area contributed by atoms with Gasteiger partial charge in [0.1, 0.15) is 0 Å². The van der Waals surface area contributed by atoms with Gasteiger partial charge in [-0.2, -0.15) is 0 Å². The van der Waals surface area contributed by atoms with Crippen LogP contribution in [0.2, 0.25) is 0 Å². The largest absolute Gasteiger partial charge is 0.384 e. The van der Waals surface area contributed by atoms with E-state index in [0.717, 1.165) is 21.2 Å². The van der Waals surface area contributed by atoms with E-state index in [9.17, 15) is 13.2 Å². The zero-order valence-corrected chi connectivity index (χ0v) is 16.9. The third-order valence-electron chi connectivity index (χ3n) is 3.88. The molecule has 2 aromatic rings. The summed E-state index contributed by atoms with van der Waals surface area (Å²) in [6.45, 7) is 4.58. The summed E-state index contributed by atoms with van der Waals surface area (Å²) in [5.74, 6) is -0.219. The Bertz CT molecular complexity index is 911. The Morgan fingerprint density at radius 1 is 1.04 bits per heavy atom. The number of amides is 1. The molecule has 0 radical (unpaired) electrons. The maximum Gasteiger partial charge on any atom is 0.243 e. The van der Waals surface area contributed by atoms with Crippen molar-refractivity contribution in [2.24, 2.45) is 0 Å². The summed E-state index contributed by atoms with van der Waals surface area (Å²) in [6.07, 6.45) is 0. The van der Waals surface area contributed by atoms with E-state index < -0.39 is 10.0 Å². The second kappa shape index (κ2) is 8.88. The fourth-order valence-corrected chi connectivity index (χ4v) is 3.42. The standard InChI is InChI=1S/C19H26N4O3S/c1-5-20-17-10-9-16(27(25,26)23(3)4)12-18(17)21-13-19(24)22-15-8-6-7-14(2)11-15/h6-12,20-21H,5,13H2,1-4H3,(H,22,24). The molecular weight excluding hydrogens is 364 g/mol. The van der Waals surface area contributed by atoms with E-state index in [4.69, 9.17) is 0 Å². The molecule has 27 heavy (non-hydrogen) atoms. The number of carbonyl (C=O) groups excluding carboxylic acids is 1. The van der Waals surface area contributed by atoms with Gasteiger partial charge >= 0.3 is 0 Å². The van der Waals surface area contributed by atoms with E-state index in [1.807, 2.05) is 38.1 Å². The van der Waals surface area contributed by atoms with Gasteiger partial charge in [-0.25, -0.2) is 12.7 Å². The van der Waals surface area contributed by atoms with Gasteiger partial charge in [-0.05, 0) is 49.7 Å². The lowest BCUT2D eigenvalue weighted by Gasteiger charge is -2.17. The van der Waals surface area contributed by atoms with Crippen LogP contribution in [0, 0.1) is 6.92 Å². The third-order valence-corrected chi connectivity index (χ3v) is 5.69. The normalized spacial score (nSPS) is 11.3. The lowest BCUT2D eigenvalue weighted by atomic mass is 10.2. The average molecular weight is 391 g/mol. The van der Waals surface area contributed by atoms with Gasteiger partial charge in [0.25, 0.3) is 0 Å². The van der Waals surface area contributed by atoms with Crippen molar-refractivity contribution in [2.45, 2.75) is 18.7 Å². The molecule has 0 fully saturated rings. The molecule has 1 amide bonds. The molecule has 0 aliphatic rings. The fraction of sp³-hybridized carbons (Fsp3) is 0.316. The second-order valence-corrected chi connectivity index (χ2v) is 8.45. The molecule has 0 aromatic heterocycles. The minimum atomic E-state index is -3.56. The highest BCUT2D eigenvalue weighted by Gasteiger charge is 2.19. The fourth-order valence-electron chi connectivity index (χ4n) is 2.49. The molecule has 0 spiro atoms. The Morgan fingerprint density at radius 3 is 2.41 bits per heavy atom. The van der Waals surface area contributed by atoms with Gasteiger partial charge in [-0.3, -0.25) is 4.79 Å². The third kappa shape index (κ3) is 5.45. The van der Waals surface area contributed by atoms with Crippen molar-refractivity contribution in [1.29, 1.82) is 0 Å². The molecule has 146 valence electrons. The first kappa shape index (κ1) is 20.7. The zero-order valence-electron chi connectivity index (χ0n) is 16.0. The monoisotopic (exact) mass is 390 g/mol. The molecule has 8 heteroatoms. The molecule has 0 aliphatic heterocycles. The molecule has 0 saturated carbocycles. The molecule has 3 N–H and O–H groups in total. The number of hydrogen-bond acceptors (Lipinski definition) is 5. The first-order chi connectivity index (χ1) is 12.7. The van der Waals surface area contributed by atoms with E-state index in [-0.39, 0.29) is 17.3 Å². The van der Waals surface area contributed by atoms with Crippen LogP contribution in [-0.2, 0) is 14.8 Å². The maximum atomic E-state index is 12.4. The van der Waals surface area contributed by atoms with Gasteiger partial charge in [0.15, 0.2) is 0 Å². The summed E-state index contributed by atoms with van der Waals surface area (Å²) < 4.78 is 25.9. The molecule has 0 aliphatic carbocycles. The number of benzene rings is 2. The molecule has 7 nitrogen and oxygen atoms in total. The van der Waals surface area contributed by atoms with Crippen LogP contribution in [0.15, 0.2) is 47.4 Å². The molecule has 0 unspecified atom stereocenters. The molecular formula is C19H26N4O3S. The Kier molecular flexibility index (Phi) is 6.81. The first-order valence-corrected chi connectivity index (χ1v) is 10.1. The lowest BCUT2D eigenvalue weighted by molar-refractivity contribution is -0.114. The van der Waals surface area contributed by atoms with Crippen LogP contribution in [-0.4, -0.2) is 45.8 Å². The van der Waals surface area contributed by atoms with Gasteiger partial charge < -0.3 is 16.0 Å². The Morgan fingerprint density at radius 2 is 1.78 bits per heavy atom. The molecule has 0 saturated heterocycles. The summed E-state index contributed by atoms with van der Waals surface area (Å²) >= 11 is 0. The van der Waals surface area contributed by atoms with E-state index in [0.29, 0.717) is 12.2 Å². The predicted molar refractivity (Wildman–Crippen MR) is 110 cm³/mol. The number of anilines is 3. The van der Waals surface area contributed by atoms with Gasteiger partial charge in [0.2, 0.25) is 15.9 Å². The molecule has 2 aromatic carbocycles. The lowest BCUT2D eigenvalue weighted by Crippen LogP contribution is -2.24. The van der Waals surface area contributed by atoms with Crippen LogP contribution in [0.1, 0.15) is 12.5 Å². The van der Waals surface area contributed by atoms with Crippen LogP contribution in [0.5, 0.6) is 0 Å². The van der Waals surface area contributed by atoms with Crippen molar-refractivity contribution in [3.8, 4) is 0 Å². The molecule has 0 heterocycles. The van der Waals surface area contributed by atoms with Crippen molar-refractivity contribution >= 4 is 33.0 Å². The van der Waals surface area contributed by atoms with Crippen LogP contribution < -0.4 is 16.0 Å². The Balaban J connectivity index is 2.16. The highest BCUT2D eigenvalue weighted by atomic mass is 32.2. The van der Waals surface area contributed by atoms with Gasteiger partial charge in [0, 0.05) is 26.3 Å². The number of nitrogens with one attached hydrogen (secondary N) is 3. The summed E-state index contributed by atoms with van der Waals surface area (Å²) in [5.41, 5.74) is 3.06. The van der Waals surface area contributed by atoms with Crippen LogP contribution in [0.3, 0.4) is 0 Å². The Hall–Kier alpha value is -2.58. The van der Waals surface area contributed by atoms with E-state index in [1.165, 1.54) is 20.2 Å². The molecule has 0 bridgehead atoms. The van der Waals surface area contributed by atoms with E-state index in [1.54, 1.807) is 12.1 Å². The number of carbonyl (C=O) groups is 1. The minimum absolute atomic E-state index is 0.0117. The van der Waals surface area contributed by atoms with Gasteiger partial charge in [-0.1, -0.05) is 12.1 Å². The summed E-state index contributed by atoms with van der Waals surface area (Å²) in [4.78, 5) is 12.4.